The van der Waals surface area contributed by atoms with Gasteiger partial charge < -0.3 is 5.32 Å². The standard InChI is InChI=1S/C21H20ClFN4OS/c1-2-13-27-20(17-5-3-4-6-18(17)23)25-26-21(27)29-14-19(28)24-12-11-15-7-9-16(22)10-8-15/h2-10H,1,11-14H2,(H,24,28). The molecule has 1 heterocycles. The Balaban J connectivity index is 1.58. The summed E-state index contributed by atoms with van der Waals surface area (Å²) in [5.41, 5.74) is 1.46. The van der Waals surface area contributed by atoms with Crippen molar-refractivity contribution in [1.82, 2.24) is 20.1 Å². The van der Waals surface area contributed by atoms with E-state index in [1.807, 2.05) is 24.3 Å². The Kier molecular flexibility index (Phi) is 7.43. The van der Waals surface area contributed by atoms with Gasteiger partial charge in [0.25, 0.3) is 0 Å². The van der Waals surface area contributed by atoms with Crippen LogP contribution in [0, 0.1) is 5.82 Å². The molecule has 0 saturated heterocycles. The maximum Gasteiger partial charge on any atom is 0.230 e. The van der Waals surface area contributed by atoms with Crippen LogP contribution in [-0.2, 0) is 17.8 Å². The van der Waals surface area contributed by atoms with Crippen molar-refractivity contribution >= 4 is 29.3 Å². The number of hydrogen-bond donors (Lipinski definition) is 1. The summed E-state index contributed by atoms with van der Waals surface area (Å²) in [5, 5.41) is 12.4. The van der Waals surface area contributed by atoms with E-state index < -0.39 is 0 Å². The summed E-state index contributed by atoms with van der Waals surface area (Å²) in [6.45, 7) is 4.68. The number of carbonyl (C=O) groups excluding carboxylic acids is 1. The minimum Gasteiger partial charge on any atom is -0.355 e. The first-order chi connectivity index (χ1) is 14.1. The van der Waals surface area contributed by atoms with Gasteiger partial charge in [0.15, 0.2) is 11.0 Å². The number of amides is 1. The van der Waals surface area contributed by atoms with E-state index in [2.05, 4.69) is 22.1 Å². The number of halogens is 2. The zero-order chi connectivity index (χ0) is 20.6. The maximum absolute atomic E-state index is 14.1. The molecule has 1 aromatic heterocycles. The van der Waals surface area contributed by atoms with Crippen LogP contribution in [0.25, 0.3) is 11.4 Å². The Labute approximate surface area is 178 Å². The predicted molar refractivity (Wildman–Crippen MR) is 115 cm³/mol. The van der Waals surface area contributed by atoms with Gasteiger partial charge >= 0.3 is 0 Å². The van der Waals surface area contributed by atoms with Gasteiger partial charge in [-0.2, -0.15) is 0 Å². The van der Waals surface area contributed by atoms with Gasteiger partial charge in [-0.15, -0.1) is 16.8 Å². The second-order valence-electron chi connectivity index (χ2n) is 6.20. The molecule has 0 aliphatic carbocycles. The smallest absolute Gasteiger partial charge is 0.230 e. The molecule has 0 radical (unpaired) electrons. The highest BCUT2D eigenvalue weighted by atomic mass is 35.5. The number of aromatic nitrogens is 3. The molecule has 1 amide bonds. The predicted octanol–water partition coefficient (Wildman–Crippen LogP) is 4.37. The van der Waals surface area contributed by atoms with Gasteiger partial charge in [-0.05, 0) is 36.2 Å². The Morgan fingerprint density at radius 1 is 1.21 bits per heavy atom. The number of nitrogens with zero attached hydrogens (tertiary/aromatic N) is 3. The Bertz CT molecular complexity index is 991. The van der Waals surface area contributed by atoms with Crippen LogP contribution < -0.4 is 5.32 Å². The molecular formula is C21H20ClFN4OS. The van der Waals surface area contributed by atoms with Crippen LogP contribution in [0.4, 0.5) is 4.39 Å². The summed E-state index contributed by atoms with van der Waals surface area (Å²) in [4.78, 5) is 12.2. The van der Waals surface area contributed by atoms with E-state index in [0.717, 1.165) is 12.0 Å². The van der Waals surface area contributed by atoms with Crippen LogP contribution in [0.3, 0.4) is 0 Å². The number of allylic oxidation sites excluding steroid dienone is 1. The Hall–Kier alpha value is -2.64. The van der Waals surface area contributed by atoms with Crippen LogP contribution in [0.15, 0.2) is 66.3 Å². The number of thioether (sulfide) groups is 1. The van der Waals surface area contributed by atoms with Crippen LogP contribution in [0.1, 0.15) is 5.56 Å². The molecular weight excluding hydrogens is 411 g/mol. The molecule has 29 heavy (non-hydrogen) atoms. The molecule has 0 spiro atoms. The number of nitrogens with one attached hydrogen (secondary N) is 1. The number of rotatable bonds is 9. The van der Waals surface area contributed by atoms with Crippen molar-refractivity contribution in [2.75, 3.05) is 12.3 Å². The van der Waals surface area contributed by atoms with Crippen LogP contribution >= 0.6 is 23.4 Å². The van der Waals surface area contributed by atoms with Crippen molar-refractivity contribution in [1.29, 1.82) is 0 Å². The van der Waals surface area contributed by atoms with E-state index in [0.29, 0.717) is 34.7 Å². The summed E-state index contributed by atoms with van der Waals surface area (Å²) in [5.74, 6) is 0.118. The Morgan fingerprint density at radius 2 is 1.97 bits per heavy atom. The third-order valence-corrected chi connectivity index (χ3v) is 5.34. The second kappa shape index (κ2) is 10.2. The molecule has 0 unspecified atom stereocenters. The summed E-state index contributed by atoms with van der Waals surface area (Å²) in [6, 6.07) is 13.9. The lowest BCUT2D eigenvalue weighted by Gasteiger charge is -2.09. The first kappa shape index (κ1) is 21.1. The van der Waals surface area contributed by atoms with Gasteiger partial charge in [0.05, 0.1) is 11.3 Å². The minimum atomic E-state index is -0.373. The molecule has 0 bridgehead atoms. The summed E-state index contributed by atoms with van der Waals surface area (Å²) >= 11 is 7.12. The van der Waals surface area contributed by atoms with Gasteiger partial charge in [-0.25, -0.2) is 4.39 Å². The second-order valence-corrected chi connectivity index (χ2v) is 7.58. The molecule has 3 rings (SSSR count). The van der Waals surface area contributed by atoms with Crippen molar-refractivity contribution in [3.05, 3.63) is 77.6 Å². The fourth-order valence-electron chi connectivity index (χ4n) is 2.71. The van der Waals surface area contributed by atoms with Crippen molar-refractivity contribution < 1.29 is 9.18 Å². The lowest BCUT2D eigenvalue weighted by molar-refractivity contribution is -0.118. The highest BCUT2D eigenvalue weighted by molar-refractivity contribution is 7.99. The van der Waals surface area contributed by atoms with Crippen LogP contribution in [0.2, 0.25) is 5.02 Å². The topological polar surface area (TPSA) is 59.8 Å². The third-order valence-electron chi connectivity index (χ3n) is 4.12. The fraction of sp³-hybridized carbons (Fsp3) is 0.190. The van der Waals surface area contributed by atoms with Crippen molar-refractivity contribution in [2.24, 2.45) is 0 Å². The van der Waals surface area contributed by atoms with Gasteiger partial charge in [-0.1, -0.05) is 53.7 Å². The van der Waals surface area contributed by atoms with E-state index in [-0.39, 0.29) is 17.5 Å². The first-order valence-corrected chi connectivity index (χ1v) is 10.4. The molecule has 3 aromatic rings. The number of hydrogen-bond acceptors (Lipinski definition) is 4. The van der Waals surface area contributed by atoms with E-state index in [4.69, 9.17) is 11.6 Å². The van der Waals surface area contributed by atoms with Crippen molar-refractivity contribution in [3.63, 3.8) is 0 Å². The molecule has 5 nitrogen and oxygen atoms in total. The normalized spacial score (nSPS) is 10.7. The van der Waals surface area contributed by atoms with E-state index >= 15 is 0 Å². The number of benzene rings is 2. The molecule has 0 fully saturated rings. The average Bonchev–Trinajstić information content (AvgIpc) is 3.11. The van der Waals surface area contributed by atoms with Gasteiger partial charge in [-0.3, -0.25) is 9.36 Å². The lowest BCUT2D eigenvalue weighted by atomic mass is 10.1. The van der Waals surface area contributed by atoms with E-state index in [1.165, 1.54) is 17.8 Å². The molecule has 0 atom stereocenters. The molecule has 0 saturated carbocycles. The Morgan fingerprint density at radius 3 is 2.69 bits per heavy atom. The van der Waals surface area contributed by atoms with Gasteiger partial charge in [0.2, 0.25) is 5.91 Å². The minimum absolute atomic E-state index is 0.107. The van der Waals surface area contributed by atoms with E-state index in [1.54, 1.807) is 28.8 Å². The van der Waals surface area contributed by atoms with Crippen molar-refractivity contribution in [2.45, 2.75) is 18.1 Å². The zero-order valence-corrected chi connectivity index (χ0v) is 17.2. The molecule has 1 N–H and O–H groups in total. The van der Waals surface area contributed by atoms with Crippen LogP contribution in [0.5, 0.6) is 0 Å². The molecule has 0 aliphatic rings. The molecule has 2 aromatic carbocycles. The highest BCUT2D eigenvalue weighted by Gasteiger charge is 2.17. The maximum atomic E-state index is 14.1. The fourth-order valence-corrected chi connectivity index (χ4v) is 3.61. The van der Waals surface area contributed by atoms with Crippen molar-refractivity contribution in [3.8, 4) is 11.4 Å². The van der Waals surface area contributed by atoms with Crippen LogP contribution in [-0.4, -0.2) is 33.0 Å². The molecule has 0 aliphatic heterocycles. The largest absolute Gasteiger partial charge is 0.355 e. The third kappa shape index (κ3) is 5.68. The number of carbonyl (C=O) groups is 1. The van der Waals surface area contributed by atoms with Gasteiger partial charge in [0, 0.05) is 18.1 Å². The average molecular weight is 431 g/mol. The van der Waals surface area contributed by atoms with Gasteiger partial charge in [0.1, 0.15) is 5.82 Å². The lowest BCUT2D eigenvalue weighted by Crippen LogP contribution is -2.27. The monoisotopic (exact) mass is 430 g/mol. The summed E-state index contributed by atoms with van der Waals surface area (Å²) in [6.07, 6.45) is 2.40. The zero-order valence-electron chi connectivity index (χ0n) is 15.6. The first-order valence-electron chi connectivity index (χ1n) is 9.01. The van der Waals surface area contributed by atoms with E-state index in [9.17, 15) is 9.18 Å². The SMILES string of the molecule is C=CCn1c(SCC(=O)NCCc2ccc(Cl)cc2)nnc1-c1ccccc1F. The summed E-state index contributed by atoms with van der Waals surface area (Å²) < 4.78 is 15.9. The quantitative estimate of drug-likeness (QED) is 0.404. The molecule has 150 valence electrons. The highest BCUT2D eigenvalue weighted by Crippen LogP contribution is 2.25. The summed E-state index contributed by atoms with van der Waals surface area (Å²) in [7, 11) is 0. The molecule has 8 heteroatoms.